The van der Waals surface area contributed by atoms with Crippen LogP contribution in [0.2, 0.25) is 0 Å². The number of halogens is 1. The molecule has 2 unspecified atom stereocenters. The molecule has 0 spiro atoms. The Morgan fingerprint density at radius 1 is 0.920 bits per heavy atom. The average molecular weight is 715 g/mol. The lowest BCUT2D eigenvalue weighted by Gasteiger charge is -2.62. The summed E-state index contributed by atoms with van der Waals surface area (Å²) in [5.41, 5.74) is -5.87. The number of allylic oxidation sites excluding steroid dienone is 4. The molecule has 0 aliphatic heterocycles. The summed E-state index contributed by atoms with van der Waals surface area (Å²) in [5.74, 6) is -4.09. The van der Waals surface area contributed by atoms with E-state index in [9.17, 15) is 24.3 Å². The van der Waals surface area contributed by atoms with Gasteiger partial charge in [-0.25, -0.2) is 4.39 Å². The summed E-state index contributed by atoms with van der Waals surface area (Å²) in [5, 5.41) is 45.6. The van der Waals surface area contributed by atoms with Crippen molar-refractivity contribution in [2.75, 3.05) is 19.8 Å². The van der Waals surface area contributed by atoms with Crippen molar-refractivity contribution in [1.29, 1.82) is 0 Å². The van der Waals surface area contributed by atoms with Crippen LogP contribution in [0.4, 0.5) is 4.39 Å². The number of hydrogen-bond donors (Lipinski definition) is 5. The molecule has 16 heteroatoms. The standard InChI is InChI=1S/C34H51FN2O13/c1-22-18-26-25-13-12-23-19-24(38)14-15-31(23,2)33(25,35)27(39)20-32(26,3)34(22,50-30(42)11-7-5-9-17-49-37(45)46)28(40)21-47-29(41)10-6-4-8-16-48-36(43)44/h14-15,19,22,25-27,39,43-46H,4-13,16-18,20-21H2,1-3H3/t22-,25?,26?,27+,31+,32+,33+,34+/m1/s1. The fourth-order valence-corrected chi connectivity index (χ4v) is 9.34. The number of carbonyl (C=O) groups is 4. The summed E-state index contributed by atoms with van der Waals surface area (Å²) in [4.78, 5) is 61.7. The van der Waals surface area contributed by atoms with Crippen LogP contribution in [0.25, 0.3) is 0 Å². The van der Waals surface area contributed by atoms with Gasteiger partial charge in [0.15, 0.2) is 23.7 Å². The fraction of sp³-hybridized carbons (Fsp3) is 0.765. The highest BCUT2D eigenvalue weighted by molar-refractivity contribution is 6.01. The Morgan fingerprint density at radius 2 is 1.52 bits per heavy atom. The van der Waals surface area contributed by atoms with Crippen LogP contribution in [-0.4, -0.2) is 97.4 Å². The van der Waals surface area contributed by atoms with Gasteiger partial charge in [-0.15, -0.1) is 0 Å². The lowest BCUT2D eigenvalue weighted by Crippen LogP contribution is -2.70. The zero-order valence-corrected chi connectivity index (χ0v) is 28.9. The maximum Gasteiger partial charge on any atom is 0.306 e. The zero-order chi connectivity index (χ0) is 36.9. The van der Waals surface area contributed by atoms with Crippen molar-refractivity contribution in [1.82, 2.24) is 10.8 Å². The predicted molar refractivity (Wildman–Crippen MR) is 167 cm³/mol. The number of Topliss-reactive ketones (excluding diaryl/α,β-unsaturated/α-hetero) is 1. The first kappa shape index (κ1) is 40.1. The van der Waals surface area contributed by atoms with Gasteiger partial charge < -0.3 is 14.6 Å². The van der Waals surface area contributed by atoms with Gasteiger partial charge in [-0.2, -0.15) is 0 Å². The van der Waals surface area contributed by atoms with Crippen LogP contribution in [-0.2, 0) is 38.3 Å². The lowest BCUT2D eigenvalue weighted by molar-refractivity contribution is -0.492. The number of rotatable bonds is 18. The van der Waals surface area contributed by atoms with Gasteiger partial charge >= 0.3 is 11.9 Å². The molecular weight excluding hydrogens is 663 g/mol. The fourth-order valence-electron chi connectivity index (χ4n) is 9.34. The molecule has 4 rings (SSSR count). The highest BCUT2D eigenvalue weighted by Crippen LogP contribution is 2.71. The van der Waals surface area contributed by atoms with Gasteiger partial charge in [0.05, 0.1) is 30.1 Å². The van der Waals surface area contributed by atoms with Gasteiger partial charge in [-0.3, -0.25) is 49.7 Å². The van der Waals surface area contributed by atoms with Gasteiger partial charge in [0.1, 0.15) is 0 Å². The van der Waals surface area contributed by atoms with Crippen molar-refractivity contribution < 1.29 is 68.7 Å². The molecule has 50 heavy (non-hydrogen) atoms. The van der Waals surface area contributed by atoms with Gasteiger partial charge in [0.2, 0.25) is 5.78 Å². The van der Waals surface area contributed by atoms with E-state index in [1.54, 1.807) is 26.8 Å². The van der Waals surface area contributed by atoms with Gasteiger partial charge in [0.25, 0.3) is 0 Å². The molecule has 0 saturated heterocycles. The topological polar surface area (TPSA) is 213 Å². The summed E-state index contributed by atoms with van der Waals surface area (Å²) in [6.45, 7) is 4.52. The number of carbonyl (C=O) groups excluding carboxylic acids is 4. The summed E-state index contributed by atoms with van der Waals surface area (Å²) >= 11 is 0. The molecule has 0 aromatic rings. The molecule has 282 valence electrons. The molecule has 0 aromatic carbocycles. The number of ether oxygens (including phenoxy) is 2. The number of hydrogen-bond acceptors (Lipinski definition) is 15. The van der Waals surface area contributed by atoms with E-state index >= 15 is 4.39 Å². The number of ketones is 2. The second-order valence-electron chi connectivity index (χ2n) is 14.5. The predicted octanol–water partition coefficient (Wildman–Crippen LogP) is 4.14. The molecule has 0 bridgehead atoms. The van der Waals surface area contributed by atoms with Crippen LogP contribution >= 0.6 is 0 Å². The van der Waals surface area contributed by atoms with E-state index in [4.69, 9.17) is 30.3 Å². The molecule has 5 N–H and O–H groups in total. The van der Waals surface area contributed by atoms with Crippen molar-refractivity contribution in [2.45, 2.75) is 115 Å². The minimum atomic E-state index is -2.16. The molecule has 4 aliphatic rings. The third-order valence-electron chi connectivity index (χ3n) is 11.7. The normalized spacial score (nSPS) is 34.6. The molecular formula is C34H51FN2O13. The molecule has 0 heterocycles. The Hall–Kier alpha value is -2.67. The highest BCUT2D eigenvalue weighted by Gasteiger charge is 2.77. The maximum atomic E-state index is 17.7. The number of alkyl halides is 1. The number of aliphatic hydroxyl groups excluding tert-OH is 1. The van der Waals surface area contributed by atoms with Gasteiger partial charge in [0, 0.05) is 35.5 Å². The van der Waals surface area contributed by atoms with E-state index < -0.39 is 81.1 Å². The third-order valence-corrected chi connectivity index (χ3v) is 11.7. The van der Waals surface area contributed by atoms with Crippen molar-refractivity contribution >= 4 is 23.5 Å². The minimum Gasteiger partial charge on any atom is -0.457 e. The van der Waals surface area contributed by atoms with Crippen LogP contribution in [0.1, 0.15) is 97.8 Å². The van der Waals surface area contributed by atoms with Crippen LogP contribution < -0.4 is 0 Å². The van der Waals surface area contributed by atoms with Gasteiger partial charge in [-0.05, 0) is 76.4 Å². The van der Waals surface area contributed by atoms with Crippen LogP contribution in [0.5, 0.6) is 0 Å². The Kier molecular flexibility index (Phi) is 13.1. The molecule has 8 atom stereocenters. The van der Waals surface area contributed by atoms with Crippen molar-refractivity contribution in [3.63, 3.8) is 0 Å². The van der Waals surface area contributed by atoms with E-state index in [0.717, 1.165) is 0 Å². The first-order chi connectivity index (χ1) is 23.5. The minimum absolute atomic E-state index is 0.00620. The van der Waals surface area contributed by atoms with Gasteiger partial charge in [-0.1, -0.05) is 38.3 Å². The average Bonchev–Trinajstić information content (AvgIpc) is 3.26. The largest absolute Gasteiger partial charge is 0.457 e. The maximum absolute atomic E-state index is 17.7. The van der Waals surface area contributed by atoms with Crippen molar-refractivity contribution in [3.8, 4) is 0 Å². The Labute approximate surface area is 290 Å². The second kappa shape index (κ2) is 16.3. The first-order valence-electron chi connectivity index (χ1n) is 17.4. The Balaban J connectivity index is 1.55. The van der Waals surface area contributed by atoms with Crippen LogP contribution in [0, 0.1) is 28.6 Å². The molecule has 15 nitrogen and oxygen atoms in total. The van der Waals surface area contributed by atoms with Crippen LogP contribution in [0.3, 0.4) is 0 Å². The Bertz CT molecular complexity index is 1330. The summed E-state index contributed by atoms with van der Waals surface area (Å²) in [6, 6.07) is 0. The van der Waals surface area contributed by atoms with E-state index in [1.165, 1.54) is 12.2 Å². The van der Waals surface area contributed by atoms with Crippen LogP contribution in [0.15, 0.2) is 23.8 Å². The molecule has 0 radical (unpaired) electrons. The van der Waals surface area contributed by atoms with Crippen molar-refractivity contribution in [3.05, 3.63) is 23.8 Å². The third kappa shape index (κ3) is 7.73. The van der Waals surface area contributed by atoms with E-state index in [2.05, 4.69) is 9.68 Å². The monoisotopic (exact) mass is 714 g/mol. The summed E-state index contributed by atoms with van der Waals surface area (Å²) in [7, 11) is 0. The number of unbranched alkanes of at least 4 members (excludes halogenated alkanes) is 4. The summed E-state index contributed by atoms with van der Waals surface area (Å²) < 4.78 is 29.3. The first-order valence-corrected chi connectivity index (χ1v) is 17.4. The Morgan fingerprint density at radius 3 is 2.12 bits per heavy atom. The lowest BCUT2D eigenvalue weighted by atomic mass is 9.44. The molecule has 4 aliphatic carbocycles. The number of fused-ring (bicyclic) bond motifs is 5. The molecule has 0 amide bonds. The zero-order valence-electron chi connectivity index (χ0n) is 28.9. The highest BCUT2D eigenvalue weighted by atomic mass is 19.1. The van der Waals surface area contributed by atoms with E-state index in [0.29, 0.717) is 63.4 Å². The number of aliphatic hydroxyl groups is 1. The number of esters is 2. The smallest absolute Gasteiger partial charge is 0.306 e. The van der Waals surface area contributed by atoms with E-state index in [1.807, 2.05) is 0 Å². The summed E-state index contributed by atoms with van der Waals surface area (Å²) in [6.07, 6.45) is 5.98. The molecule has 3 fully saturated rings. The van der Waals surface area contributed by atoms with E-state index in [-0.39, 0.29) is 38.3 Å². The molecule has 3 saturated carbocycles. The SMILES string of the molecule is C[C@@H]1CC2C3CCC4=CC(=O)C=C[C@]4(C)[C@@]3(F)[C@@H](O)C[C@]2(C)[C@@]1(OC(=O)CCCCCON(O)O)C(=O)COC(=O)CCCCCON(O)O. The molecule has 0 aromatic heterocycles. The van der Waals surface area contributed by atoms with Crippen molar-refractivity contribution in [2.24, 2.45) is 28.6 Å². The second-order valence-corrected chi connectivity index (χ2v) is 14.5. The quantitative estimate of drug-likeness (QED) is 0.0767. The number of nitrogens with zero attached hydrogens (tertiary/aromatic N) is 2.